The molecule has 1 saturated heterocycles. The molecule has 90 valence electrons. The summed E-state index contributed by atoms with van der Waals surface area (Å²) >= 11 is 0. The molecule has 1 N–H and O–H groups in total. The van der Waals surface area contributed by atoms with Crippen LogP contribution in [0.3, 0.4) is 0 Å². The van der Waals surface area contributed by atoms with Gasteiger partial charge in [0.2, 0.25) is 0 Å². The maximum Gasteiger partial charge on any atom is 0.410 e. The van der Waals surface area contributed by atoms with Gasteiger partial charge in [-0.15, -0.1) is 0 Å². The molecule has 1 amide bonds. The zero-order chi connectivity index (χ0) is 11.9. The molecule has 1 heterocycles. The van der Waals surface area contributed by atoms with Crippen LogP contribution in [0.4, 0.5) is 4.79 Å². The van der Waals surface area contributed by atoms with Crippen molar-refractivity contribution in [2.75, 3.05) is 6.54 Å². The summed E-state index contributed by atoms with van der Waals surface area (Å²) in [5.41, 5.74) is 0.372. The van der Waals surface area contributed by atoms with Gasteiger partial charge in [0.25, 0.3) is 0 Å². The highest BCUT2D eigenvalue weighted by Gasteiger charge is 2.46. The second-order valence-corrected chi connectivity index (χ2v) is 5.51. The topological polar surface area (TPSA) is 62.1 Å². The van der Waals surface area contributed by atoms with Crippen molar-refractivity contribution < 1.29 is 14.7 Å². The van der Waals surface area contributed by atoms with E-state index in [-0.39, 0.29) is 18.1 Å². The molecular formula is C11H18N2O3. The van der Waals surface area contributed by atoms with Gasteiger partial charge in [-0.25, -0.2) is 4.79 Å². The van der Waals surface area contributed by atoms with E-state index < -0.39 is 5.60 Å². The number of piperidine rings is 1. The highest BCUT2D eigenvalue weighted by atomic mass is 16.6. The van der Waals surface area contributed by atoms with Gasteiger partial charge in [-0.1, -0.05) is 5.16 Å². The van der Waals surface area contributed by atoms with E-state index in [0.29, 0.717) is 13.0 Å². The Kier molecular flexibility index (Phi) is 2.56. The number of oxime groups is 1. The van der Waals surface area contributed by atoms with Crippen LogP contribution in [0.25, 0.3) is 0 Å². The smallest absolute Gasteiger partial charge is 0.410 e. The maximum absolute atomic E-state index is 11.8. The molecule has 5 heteroatoms. The Bertz CT molecular complexity index is 333. The van der Waals surface area contributed by atoms with Crippen molar-refractivity contribution in [3.63, 3.8) is 0 Å². The maximum atomic E-state index is 11.8. The largest absolute Gasteiger partial charge is 0.444 e. The van der Waals surface area contributed by atoms with E-state index in [2.05, 4.69) is 5.16 Å². The summed E-state index contributed by atoms with van der Waals surface area (Å²) in [7, 11) is 0. The Morgan fingerprint density at radius 2 is 2.25 bits per heavy atom. The molecule has 1 aliphatic heterocycles. The van der Waals surface area contributed by atoms with Gasteiger partial charge in [0.1, 0.15) is 5.60 Å². The number of likely N-dealkylation sites (tertiary alicyclic amines) is 1. The van der Waals surface area contributed by atoms with Crippen molar-refractivity contribution in [3.8, 4) is 0 Å². The molecule has 5 nitrogen and oxygen atoms in total. The number of carbonyl (C=O) groups excluding carboxylic acids is 1. The summed E-state index contributed by atoms with van der Waals surface area (Å²) in [6, 6.07) is 0.158. The van der Waals surface area contributed by atoms with Crippen molar-refractivity contribution in [2.24, 2.45) is 11.1 Å². The molecule has 2 bridgehead atoms. The van der Waals surface area contributed by atoms with Gasteiger partial charge in [0.15, 0.2) is 0 Å². The molecule has 2 aliphatic rings. The molecule has 0 radical (unpaired) electrons. The van der Waals surface area contributed by atoms with Gasteiger partial charge in [-0.2, -0.15) is 0 Å². The minimum Gasteiger partial charge on any atom is -0.444 e. The lowest BCUT2D eigenvalue weighted by molar-refractivity contribution is 0.0219. The van der Waals surface area contributed by atoms with Crippen LogP contribution in [0, 0.1) is 5.92 Å². The molecule has 1 aliphatic carbocycles. The number of rotatable bonds is 0. The highest BCUT2D eigenvalue weighted by Crippen LogP contribution is 2.36. The minimum atomic E-state index is -0.452. The molecule has 0 aromatic heterocycles. The van der Waals surface area contributed by atoms with Crippen molar-refractivity contribution in [3.05, 3.63) is 0 Å². The lowest BCUT2D eigenvalue weighted by Crippen LogP contribution is -2.43. The first kappa shape index (κ1) is 11.2. The van der Waals surface area contributed by atoms with Gasteiger partial charge in [0, 0.05) is 24.9 Å². The van der Waals surface area contributed by atoms with Crippen LogP contribution in [0.15, 0.2) is 5.16 Å². The third-order valence-electron chi connectivity index (χ3n) is 3.09. The zero-order valence-electron chi connectivity index (χ0n) is 9.93. The van der Waals surface area contributed by atoms with Crippen molar-refractivity contribution >= 4 is 11.8 Å². The van der Waals surface area contributed by atoms with Crippen LogP contribution >= 0.6 is 0 Å². The number of amides is 1. The number of ether oxygens (including phenoxy) is 1. The van der Waals surface area contributed by atoms with Gasteiger partial charge < -0.3 is 14.8 Å². The van der Waals surface area contributed by atoms with Crippen LogP contribution in [-0.2, 0) is 4.74 Å². The Hall–Kier alpha value is -1.26. The van der Waals surface area contributed by atoms with Gasteiger partial charge >= 0.3 is 6.09 Å². The summed E-state index contributed by atoms with van der Waals surface area (Å²) in [5.74, 6) is 0.225. The number of hydrogen-bond acceptors (Lipinski definition) is 4. The van der Waals surface area contributed by atoms with Crippen LogP contribution in [0.5, 0.6) is 0 Å². The summed E-state index contributed by atoms with van der Waals surface area (Å²) in [6.45, 7) is 6.21. The quantitative estimate of drug-likeness (QED) is 0.506. The predicted molar refractivity (Wildman–Crippen MR) is 58.7 cm³/mol. The third kappa shape index (κ3) is 1.99. The molecule has 16 heavy (non-hydrogen) atoms. The number of fused-ring (bicyclic) bond motifs is 2. The van der Waals surface area contributed by atoms with E-state index in [9.17, 15) is 4.79 Å². The minimum absolute atomic E-state index is 0.158. The highest BCUT2D eigenvalue weighted by molar-refractivity contribution is 5.91. The summed E-state index contributed by atoms with van der Waals surface area (Å²) < 4.78 is 5.33. The predicted octanol–water partition coefficient (Wildman–Crippen LogP) is 1.85. The molecule has 2 fully saturated rings. The third-order valence-corrected chi connectivity index (χ3v) is 3.09. The molecule has 0 spiro atoms. The SMILES string of the molecule is CC(C)(C)OC(=O)N1C[C@@H]2C[C@@H]1C/C2=N\O. The molecule has 0 unspecified atom stereocenters. The zero-order valence-corrected chi connectivity index (χ0v) is 9.93. The Morgan fingerprint density at radius 1 is 1.56 bits per heavy atom. The first-order chi connectivity index (χ1) is 7.40. The van der Waals surface area contributed by atoms with E-state index in [1.165, 1.54) is 0 Å². The van der Waals surface area contributed by atoms with Crippen LogP contribution < -0.4 is 0 Å². The fraction of sp³-hybridized carbons (Fsp3) is 0.818. The van der Waals surface area contributed by atoms with Crippen molar-refractivity contribution in [1.82, 2.24) is 4.90 Å². The first-order valence-electron chi connectivity index (χ1n) is 5.61. The molecule has 0 aromatic rings. The fourth-order valence-electron chi connectivity index (χ4n) is 2.43. The molecule has 2 rings (SSSR count). The summed E-state index contributed by atoms with van der Waals surface area (Å²) in [4.78, 5) is 13.6. The van der Waals surface area contributed by atoms with Crippen LogP contribution in [0.2, 0.25) is 0 Å². The molecule has 0 aromatic carbocycles. The van der Waals surface area contributed by atoms with Gasteiger partial charge in [-0.05, 0) is 27.2 Å². The molecular weight excluding hydrogens is 208 g/mol. The van der Waals surface area contributed by atoms with E-state index >= 15 is 0 Å². The number of nitrogens with zero attached hydrogens (tertiary/aromatic N) is 2. The van der Waals surface area contributed by atoms with E-state index in [1.807, 2.05) is 20.8 Å². The molecule has 2 atom stereocenters. The molecule has 1 saturated carbocycles. The Morgan fingerprint density at radius 3 is 2.69 bits per heavy atom. The standard InChI is InChI=1S/C11H18N2O3/c1-11(2,3)16-10(14)13-6-7-4-8(13)5-9(7)12-15/h7-8,15H,4-6H2,1-3H3/b12-9+/t7-,8+/m0/s1. The first-order valence-corrected chi connectivity index (χ1v) is 5.61. The van der Waals surface area contributed by atoms with Crippen molar-refractivity contribution in [1.29, 1.82) is 0 Å². The van der Waals surface area contributed by atoms with Crippen molar-refractivity contribution in [2.45, 2.75) is 45.3 Å². The Labute approximate surface area is 95.1 Å². The van der Waals surface area contributed by atoms with E-state index in [1.54, 1.807) is 4.90 Å². The monoisotopic (exact) mass is 226 g/mol. The summed E-state index contributed by atoms with van der Waals surface area (Å²) in [6.07, 6.45) is 1.33. The average molecular weight is 226 g/mol. The van der Waals surface area contributed by atoms with E-state index in [4.69, 9.17) is 9.94 Å². The average Bonchev–Trinajstić information content (AvgIpc) is 2.72. The number of carbonyl (C=O) groups is 1. The Balaban J connectivity index is 1.98. The fourth-order valence-corrected chi connectivity index (χ4v) is 2.43. The van der Waals surface area contributed by atoms with Gasteiger partial charge in [0.05, 0.1) is 5.71 Å². The van der Waals surface area contributed by atoms with Gasteiger partial charge in [-0.3, -0.25) is 0 Å². The second-order valence-electron chi connectivity index (χ2n) is 5.51. The summed E-state index contributed by atoms with van der Waals surface area (Å²) in [5, 5.41) is 12.0. The normalized spacial score (nSPS) is 31.2. The lowest BCUT2D eigenvalue weighted by Gasteiger charge is -2.30. The lowest BCUT2D eigenvalue weighted by atomic mass is 10.1. The van der Waals surface area contributed by atoms with Crippen LogP contribution in [-0.4, -0.2) is 40.1 Å². The second kappa shape index (κ2) is 3.64. The number of hydrogen-bond donors (Lipinski definition) is 1. The van der Waals surface area contributed by atoms with Crippen LogP contribution in [0.1, 0.15) is 33.6 Å². The van der Waals surface area contributed by atoms with E-state index in [0.717, 1.165) is 12.1 Å².